The van der Waals surface area contributed by atoms with E-state index in [0.717, 1.165) is 31.7 Å². The van der Waals surface area contributed by atoms with Crippen molar-refractivity contribution in [1.82, 2.24) is 4.90 Å². The Morgan fingerprint density at radius 2 is 1.72 bits per heavy atom. The molecular formula is C16H28N2. The van der Waals surface area contributed by atoms with Crippen molar-refractivity contribution >= 4 is 0 Å². The van der Waals surface area contributed by atoms with Crippen LogP contribution in [0.3, 0.4) is 0 Å². The number of nitrogens with zero attached hydrogens (tertiary/aromatic N) is 1. The minimum absolute atomic E-state index is 0.488. The van der Waals surface area contributed by atoms with Gasteiger partial charge in [-0.05, 0) is 56.9 Å². The molecule has 0 heterocycles. The van der Waals surface area contributed by atoms with Crippen LogP contribution in [0.1, 0.15) is 43.9 Å². The predicted molar refractivity (Wildman–Crippen MR) is 79.7 cm³/mol. The van der Waals surface area contributed by atoms with Crippen LogP contribution >= 0.6 is 0 Å². The highest BCUT2D eigenvalue weighted by atomic mass is 15.1. The fourth-order valence-corrected chi connectivity index (χ4v) is 2.38. The standard InChI is InChI=1S/C16H28N2/c1-13(2)12-14-7-9-15(10-8-14)16(18(3)4)6-5-11-17/h7-10,13,16H,5-6,11-12,17H2,1-4H3. The summed E-state index contributed by atoms with van der Waals surface area (Å²) in [6.45, 7) is 5.30. The van der Waals surface area contributed by atoms with E-state index >= 15 is 0 Å². The lowest BCUT2D eigenvalue weighted by Crippen LogP contribution is -2.21. The number of hydrogen-bond acceptors (Lipinski definition) is 2. The third kappa shape index (κ3) is 4.79. The van der Waals surface area contributed by atoms with E-state index in [0.29, 0.717) is 6.04 Å². The second kappa shape index (κ2) is 7.55. The van der Waals surface area contributed by atoms with Crippen molar-refractivity contribution in [1.29, 1.82) is 0 Å². The summed E-state index contributed by atoms with van der Waals surface area (Å²) in [5, 5.41) is 0. The zero-order valence-electron chi connectivity index (χ0n) is 12.3. The highest BCUT2D eigenvalue weighted by Crippen LogP contribution is 2.24. The van der Waals surface area contributed by atoms with E-state index in [9.17, 15) is 0 Å². The Morgan fingerprint density at radius 1 is 1.11 bits per heavy atom. The molecule has 2 N–H and O–H groups in total. The first-order valence-corrected chi connectivity index (χ1v) is 7.00. The zero-order valence-corrected chi connectivity index (χ0v) is 12.3. The van der Waals surface area contributed by atoms with Crippen molar-refractivity contribution < 1.29 is 0 Å². The molecule has 18 heavy (non-hydrogen) atoms. The number of benzene rings is 1. The molecule has 1 rings (SSSR count). The molecule has 1 aromatic rings. The van der Waals surface area contributed by atoms with Crippen LogP contribution in [-0.2, 0) is 6.42 Å². The molecule has 0 aliphatic heterocycles. The Hall–Kier alpha value is -0.860. The van der Waals surface area contributed by atoms with Gasteiger partial charge in [-0.3, -0.25) is 0 Å². The lowest BCUT2D eigenvalue weighted by atomic mass is 9.97. The van der Waals surface area contributed by atoms with Crippen LogP contribution < -0.4 is 5.73 Å². The van der Waals surface area contributed by atoms with E-state index in [-0.39, 0.29) is 0 Å². The minimum atomic E-state index is 0.488. The molecule has 0 fully saturated rings. The van der Waals surface area contributed by atoms with Gasteiger partial charge in [-0.25, -0.2) is 0 Å². The molecule has 0 saturated heterocycles. The maximum absolute atomic E-state index is 5.62. The average Bonchev–Trinajstić information content (AvgIpc) is 2.30. The van der Waals surface area contributed by atoms with Gasteiger partial charge in [0, 0.05) is 6.04 Å². The van der Waals surface area contributed by atoms with E-state index in [1.54, 1.807) is 0 Å². The van der Waals surface area contributed by atoms with E-state index in [2.05, 4.69) is 57.1 Å². The second-order valence-electron chi connectivity index (χ2n) is 5.75. The summed E-state index contributed by atoms with van der Waals surface area (Å²) in [5.41, 5.74) is 8.45. The molecule has 0 amide bonds. The van der Waals surface area contributed by atoms with Gasteiger partial charge in [-0.2, -0.15) is 0 Å². The van der Waals surface area contributed by atoms with Gasteiger partial charge in [-0.1, -0.05) is 38.1 Å². The molecule has 2 heteroatoms. The molecule has 1 unspecified atom stereocenters. The fraction of sp³-hybridized carbons (Fsp3) is 0.625. The van der Waals surface area contributed by atoms with Crippen molar-refractivity contribution in [3.63, 3.8) is 0 Å². The predicted octanol–water partition coefficient (Wildman–Crippen LogP) is 3.23. The Labute approximate surface area is 112 Å². The Bertz CT molecular complexity index is 327. The Balaban J connectivity index is 2.73. The lowest BCUT2D eigenvalue weighted by molar-refractivity contribution is 0.280. The molecule has 0 aromatic heterocycles. The summed E-state index contributed by atoms with van der Waals surface area (Å²) in [4.78, 5) is 2.28. The van der Waals surface area contributed by atoms with Crippen LogP contribution in [0.5, 0.6) is 0 Å². The third-order valence-corrected chi connectivity index (χ3v) is 3.31. The molecule has 102 valence electrons. The SMILES string of the molecule is CC(C)Cc1ccc(C(CCCN)N(C)C)cc1. The van der Waals surface area contributed by atoms with E-state index < -0.39 is 0 Å². The van der Waals surface area contributed by atoms with Gasteiger partial charge < -0.3 is 10.6 Å². The molecule has 1 aromatic carbocycles. The van der Waals surface area contributed by atoms with Crippen molar-refractivity contribution in [2.45, 2.75) is 39.2 Å². The van der Waals surface area contributed by atoms with Gasteiger partial charge in [0.05, 0.1) is 0 Å². The molecule has 0 aliphatic carbocycles. The highest BCUT2D eigenvalue weighted by molar-refractivity contribution is 5.25. The molecular weight excluding hydrogens is 220 g/mol. The Morgan fingerprint density at radius 3 is 2.17 bits per heavy atom. The summed E-state index contributed by atoms with van der Waals surface area (Å²) >= 11 is 0. The number of rotatable bonds is 7. The quantitative estimate of drug-likeness (QED) is 0.802. The second-order valence-corrected chi connectivity index (χ2v) is 5.75. The monoisotopic (exact) mass is 248 g/mol. The maximum atomic E-state index is 5.62. The summed E-state index contributed by atoms with van der Waals surface area (Å²) in [7, 11) is 4.28. The van der Waals surface area contributed by atoms with Gasteiger partial charge in [0.1, 0.15) is 0 Å². The van der Waals surface area contributed by atoms with Crippen LogP contribution in [0, 0.1) is 5.92 Å². The van der Waals surface area contributed by atoms with Gasteiger partial charge >= 0.3 is 0 Å². The van der Waals surface area contributed by atoms with Crippen LogP contribution in [-0.4, -0.2) is 25.5 Å². The van der Waals surface area contributed by atoms with Crippen LogP contribution in [0.15, 0.2) is 24.3 Å². The van der Waals surface area contributed by atoms with Gasteiger partial charge in [0.25, 0.3) is 0 Å². The van der Waals surface area contributed by atoms with Gasteiger partial charge in [-0.15, -0.1) is 0 Å². The van der Waals surface area contributed by atoms with Crippen molar-refractivity contribution in [2.24, 2.45) is 11.7 Å². The zero-order chi connectivity index (χ0) is 13.5. The largest absolute Gasteiger partial charge is 0.330 e. The van der Waals surface area contributed by atoms with Gasteiger partial charge in [0.15, 0.2) is 0 Å². The highest BCUT2D eigenvalue weighted by Gasteiger charge is 2.13. The third-order valence-electron chi connectivity index (χ3n) is 3.31. The minimum Gasteiger partial charge on any atom is -0.330 e. The first kappa shape index (κ1) is 15.2. The smallest absolute Gasteiger partial charge is 0.0342 e. The summed E-state index contributed by atoms with van der Waals surface area (Å²) in [5.74, 6) is 0.720. The van der Waals surface area contributed by atoms with Crippen LogP contribution in [0.4, 0.5) is 0 Å². The van der Waals surface area contributed by atoms with E-state index in [1.165, 1.54) is 11.1 Å². The summed E-state index contributed by atoms with van der Waals surface area (Å²) < 4.78 is 0. The molecule has 0 spiro atoms. The summed E-state index contributed by atoms with van der Waals surface area (Å²) in [6, 6.07) is 9.59. The van der Waals surface area contributed by atoms with E-state index in [1.807, 2.05) is 0 Å². The molecule has 1 atom stereocenters. The molecule has 0 radical (unpaired) electrons. The fourth-order valence-electron chi connectivity index (χ4n) is 2.38. The molecule has 0 aliphatic rings. The van der Waals surface area contributed by atoms with Crippen LogP contribution in [0.25, 0.3) is 0 Å². The summed E-state index contributed by atoms with van der Waals surface area (Å²) in [6.07, 6.45) is 3.37. The van der Waals surface area contributed by atoms with Crippen molar-refractivity contribution in [3.8, 4) is 0 Å². The molecule has 2 nitrogen and oxygen atoms in total. The lowest BCUT2D eigenvalue weighted by Gasteiger charge is -2.25. The van der Waals surface area contributed by atoms with Crippen LogP contribution in [0.2, 0.25) is 0 Å². The van der Waals surface area contributed by atoms with E-state index in [4.69, 9.17) is 5.73 Å². The first-order chi connectivity index (χ1) is 8.54. The maximum Gasteiger partial charge on any atom is 0.0342 e. The Kier molecular flexibility index (Phi) is 6.37. The molecule has 0 saturated carbocycles. The first-order valence-electron chi connectivity index (χ1n) is 7.00. The topological polar surface area (TPSA) is 29.3 Å². The normalized spacial score (nSPS) is 13.3. The number of nitrogens with two attached hydrogens (primary N) is 1. The average molecular weight is 248 g/mol. The molecule has 0 bridgehead atoms. The van der Waals surface area contributed by atoms with Gasteiger partial charge in [0.2, 0.25) is 0 Å². The number of hydrogen-bond donors (Lipinski definition) is 1. The van der Waals surface area contributed by atoms with Crippen molar-refractivity contribution in [2.75, 3.05) is 20.6 Å². The van der Waals surface area contributed by atoms with Crippen molar-refractivity contribution in [3.05, 3.63) is 35.4 Å².